The summed E-state index contributed by atoms with van der Waals surface area (Å²) in [6, 6.07) is 6.30. The van der Waals surface area contributed by atoms with E-state index in [1.807, 2.05) is 6.92 Å². The number of ether oxygens (including phenoxy) is 1. The summed E-state index contributed by atoms with van der Waals surface area (Å²) in [4.78, 5) is 13.0. The fourth-order valence-corrected chi connectivity index (χ4v) is 6.09. The third kappa shape index (κ3) is 3.37. The van der Waals surface area contributed by atoms with Crippen molar-refractivity contribution < 1.29 is 9.53 Å². The Kier molecular flexibility index (Phi) is 4.53. The van der Waals surface area contributed by atoms with Crippen LogP contribution in [0.2, 0.25) is 0 Å². The molecular formula is C23H33NO2. The SMILES string of the molecule is Cc1ccc(C(C)C)c(O[C@H](C)C(=O)NC23CC4CC(CC(C4)C2)C3)c1. The monoisotopic (exact) mass is 355 g/mol. The molecule has 4 bridgehead atoms. The van der Waals surface area contributed by atoms with E-state index >= 15 is 0 Å². The van der Waals surface area contributed by atoms with E-state index in [0.717, 1.165) is 29.1 Å². The number of rotatable bonds is 5. The van der Waals surface area contributed by atoms with Crippen LogP contribution in [0, 0.1) is 24.7 Å². The number of hydrogen-bond acceptors (Lipinski definition) is 2. The molecule has 4 fully saturated rings. The maximum absolute atomic E-state index is 13.0. The molecule has 1 aromatic rings. The van der Waals surface area contributed by atoms with Crippen LogP contribution in [0.3, 0.4) is 0 Å². The molecule has 0 aliphatic heterocycles. The van der Waals surface area contributed by atoms with Gasteiger partial charge in [0.25, 0.3) is 5.91 Å². The Morgan fingerprint density at radius 2 is 1.65 bits per heavy atom. The summed E-state index contributed by atoms with van der Waals surface area (Å²) in [7, 11) is 0. The zero-order chi connectivity index (χ0) is 18.5. The normalized spacial score (nSPS) is 33.3. The molecule has 1 N–H and O–H groups in total. The van der Waals surface area contributed by atoms with E-state index in [1.54, 1.807) is 0 Å². The second-order valence-corrected chi connectivity index (χ2v) is 9.64. The Hall–Kier alpha value is -1.51. The summed E-state index contributed by atoms with van der Waals surface area (Å²) in [6.45, 7) is 8.29. The van der Waals surface area contributed by atoms with Gasteiger partial charge in [-0.05, 0) is 93.2 Å². The first-order valence-electron chi connectivity index (χ1n) is 10.4. The average molecular weight is 356 g/mol. The van der Waals surface area contributed by atoms with E-state index in [4.69, 9.17) is 4.74 Å². The van der Waals surface area contributed by atoms with Crippen molar-refractivity contribution in [2.24, 2.45) is 17.8 Å². The number of hydrogen-bond donors (Lipinski definition) is 1. The van der Waals surface area contributed by atoms with Gasteiger partial charge in [0.2, 0.25) is 0 Å². The summed E-state index contributed by atoms with van der Waals surface area (Å²) in [5.41, 5.74) is 2.39. The maximum Gasteiger partial charge on any atom is 0.261 e. The number of nitrogens with one attached hydrogen (secondary N) is 1. The molecule has 3 nitrogen and oxygen atoms in total. The highest BCUT2D eigenvalue weighted by atomic mass is 16.5. The van der Waals surface area contributed by atoms with Crippen molar-refractivity contribution in [2.45, 2.75) is 83.8 Å². The van der Waals surface area contributed by atoms with Gasteiger partial charge in [0.05, 0.1) is 0 Å². The molecule has 1 amide bonds. The van der Waals surface area contributed by atoms with Gasteiger partial charge in [-0.1, -0.05) is 26.0 Å². The summed E-state index contributed by atoms with van der Waals surface area (Å²) in [5.74, 6) is 3.80. The Bertz CT molecular complexity index is 658. The van der Waals surface area contributed by atoms with Crippen molar-refractivity contribution in [3.63, 3.8) is 0 Å². The molecule has 5 rings (SSSR count). The van der Waals surface area contributed by atoms with Crippen molar-refractivity contribution in [1.29, 1.82) is 0 Å². The van der Waals surface area contributed by atoms with Crippen LogP contribution in [0.25, 0.3) is 0 Å². The lowest BCUT2D eigenvalue weighted by Gasteiger charge is -2.57. The highest BCUT2D eigenvalue weighted by Crippen LogP contribution is 2.55. The molecule has 4 aliphatic carbocycles. The molecule has 4 saturated carbocycles. The predicted molar refractivity (Wildman–Crippen MR) is 104 cm³/mol. The number of aryl methyl sites for hydroxylation is 1. The number of carbonyl (C=O) groups is 1. The molecule has 26 heavy (non-hydrogen) atoms. The Balaban J connectivity index is 1.45. The Morgan fingerprint density at radius 1 is 1.08 bits per heavy atom. The van der Waals surface area contributed by atoms with Crippen molar-refractivity contribution in [3.8, 4) is 5.75 Å². The molecule has 4 aliphatic rings. The third-order valence-electron chi connectivity index (χ3n) is 6.89. The third-order valence-corrected chi connectivity index (χ3v) is 6.89. The van der Waals surface area contributed by atoms with E-state index in [0.29, 0.717) is 5.92 Å². The van der Waals surface area contributed by atoms with Crippen LogP contribution in [0.15, 0.2) is 18.2 Å². The lowest BCUT2D eigenvalue weighted by Crippen LogP contribution is -2.61. The maximum atomic E-state index is 13.0. The molecule has 0 radical (unpaired) electrons. The quantitative estimate of drug-likeness (QED) is 0.810. The van der Waals surface area contributed by atoms with E-state index in [-0.39, 0.29) is 11.4 Å². The second kappa shape index (κ2) is 6.58. The minimum absolute atomic E-state index is 0.0525. The molecule has 0 heterocycles. The minimum Gasteiger partial charge on any atom is -0.481 e. The summed E-state index contributed by atoms with van der Waals surface area (Å²) >= 11 is 0. The molecule has 3 heteroatoms. The smallest absolute Gasteiger partial charge is 0.261 e. The Morgan fingerprint density at radius 3 is 2.19 bits per heavy atom. The molecule has 1 atom stereocenters. The van der Waals surface area contributed by atoms with Crippen molar-refractivity contribution >= 4 is 5.91 Å². The van der Waals surface area contributed by atoms with E-state index in [1.165, 1.54) is 44.1 Å². The zero-order valence-corrected chi connectivity index (χ0v) is 16.7. The number of benzene rings is 1. The molecule has 0 aromatic heterocycles. The first kappa shape index (κ1) is 17.9. The molecule has 1 aromatic carbocycles. The van der Waals surface area contributed by atoms with Crippen LogP contribution in [0.1, 0.15) is 76.3 Å². The summed E-state index contributed by atoms with van der Waals surface area (Å²) in [6.07, 6.45) is 7.26. The van der Waals surface area contributed by atoms with Crippen molar-refractivity contribution in [1.82, 2.24) is 5.32 Å². The van der Waals surface area contributed by atoms with Crippen LogP contribution in [0.4, 0.5) is 0 Å². The fourth-order valence-electron chi connectivity index (χ4n) is 6.09. The van der Waals surface area contributed by atoms with Gasteiger partial charge in [0, 0.05) is 5.54 Å². The van der Waals surface area contributed by atoms with Gasteiger partial charge >= 0.3 is 0 Å². The number of carbonyl (C=O) groups excluding carboxylic acids is 1. The molecule has 0 saturated heterocycles. The van der Waals surface area contributed by atoms with Gasteiger partial charge in [0.1, 0.15) is 5.75 Å². The lowest BCUT2D eigenvalue weighted by atomic mass is 9.53. The first-order chi connectivity index (χ1) is 12.3. The van der Waals surface area contributed by atoms with Crippen LogP contribution >= 0.6 is 0 Å². The highest BCUT2D eigenvalue weighted by molar-refractivity contribution is 5.81. The molecule has 0 spiro atoms. The summed E-state index contributed by atoms with van der Waals surface area (Å²) < 4.78 is 6.15. The van der Waals surface area contributed by atoms with E-state index < -0.39 is 6.10 Å². The fraction of sp³-hybridized carbons (Fsp3) is 0.696. The highest BCUT2D eigenvalue weighted by Gasteiger charge is 2.51. The number of amides is 1. The van der Waals surface area contributed by atoms with Gasteiger partial charge in [-0.3, -0.25) is 4.79 Å². The van der Waals surface area contributed by atoms with Gasteiger partial charge in [0.15, 0.2) is 6.10 Å². The van der Waals surface area contributed by atoms with E-state index in [9.17, 15) is 4.79 Å². The van der Waals surface area contributed by atoms with Gasteiger partial charge < -0.3 is 10.1 Å². The molecule has 0 unspecified atom stereocenters. The molecule has 142 valence electrons. The lowest BCUT2D eigenvalue weighted by molar-refractivity contribution is -0.133. The van der Waals surface area contributed by atoms with Crippen molar-refractivity contribution in [3.05, 3.63) is 29.3 Å². The standard InChI is InChI=1S/C23H33NO2/c1-14(2)20-6-5-15(3)7-21(20)26-16(4)22(25)24-23-11-17-8-18(12-23)10-19(9-17)13-23/h5-7,14,16-19H,8-13H2,1-4H3,(H,24,25)/t16-,17?,18?,19?,23?/m1/s1. The van der Waals surface area contributed by atoms with Crippen molar-refractivity contribution in [2.75, 3.05) is 0 Å². The first-order valence-corrected chi connectivity index (χ1v) is 10.4. The largest absolute Gasteiger partial charge is 0.481 e. The Labute approximate surface area is 157 Å². The van der Waals surface area contributed by atoms with Crippen LogP contribution < -0.4 is 10.1 Å². The van der Waals surface area contributed by atoms with Gasteiger partial charge in [-0.2, -0.15) is 0 Å². The topological polar surface area (TPSA) is 38.3 Å². The van der Waals surface area contributed by atoms with Crippen LogP contribution in [0.5, 0.6) is 5.75 Å². The predicted octanol–water partition coefficient (Wildman–Crippen LogP) is 4.97. The minimum atomic E-state index is -0.456. The van der Waals surface area contributed by atoms with Gasteiger partial charge in [-0.15, -0.1) is 0 Å². The average Bonchev–Trinajstić information content (AvgIpc) is 2.52. The van der Waals surface area contributed by atoms with Crippen LogP contribution in [-0.4, -0.2) is 17.6 Å². The molecular weight excluding hydrogens is 322 g/mol. The second-order valence-electron chi connectivity index (χ2n) is 9.64. The van der Waals surface area contributed by atoms with Gasteiger partial charge in [-0.25, -0.2) is 0 Å². The summed E-state index contributed by atoms with van der Waals surface area (Å²) in [5, 5.41) is 3.44. The van der Waals surface area contributed by atoms with Crippen LogP contribution in [-0.2, 0) is 4.79 Å². The zero-order valence-electron chi connectivity index (χ0n) is 16.7. The van der Waals surface area contributed by atoms with E-state index in [2.05, 4.69) is 44.3 Å².